The number of thiophene rings is 1. The number of aryl methyl sites for hydroxylation is 1. The smallest absolute Gasteiger partial charge is 0.141 e. The van der Waals surface area contributed by atoms with Gasteiger partial charge in [-0.2, -0.15) is 0 Å². The van der Waals surface area contributed by atoms with Crippen LogP contribution < -0.4 is 5.73 Å². The Bertz CT molecular complexity index is 699. The number of fused-ring (bicyclic) bond motifs is 1. The van der Waals surface area contributed by atoms with Gasteiger partial charge in [-0.25, -0.2) is 4.98 Å². The van der Waals surface area contributed by atoms with Crippen molar-refractivity contribution in [2.45, 2.75) is 6.92 Å². The molecule has 0 radical (unpaired) electrons. The first kappa shape index (κ1) is 10.2. The molecule has 0 unspecified atom stereocenters. The molecule has 0 saturated heterocycles. The van der Waals surface area contributed by atoms with Gasteiger partial charge in [-0.3, -0.25) is 0 Å². The van der Waals surface area contributed by atoms with E-state index in [9.17, 15) is 5.11 Å². The number of anilines is 1. The Hall–Kier alpha value is -2.01. The third-order valence-electron chi connectivity index (χ3n) is 2.60. The van der Waals surface area contributed by atoms with Gasteiger partial charge in [0.25, 0.3) is 0 Å². The average Bonchev–Trinajstić information content (AvgIpc) is 2.80. The summed E-state index contributed by atoms with van der Waals surface area (Å²) in [5.74, 6) is 0.967. The fraction of sp³-hybridized carbons (Fsp3) is 0.0833. The number of nitrogens with one attached hydrogen (secondary N) is 1. The second-order valence-electron chi connectivity index (χ2n) is 3.92. The Labute approximate surface area is 102 Å². The number of aromatic amines is 1. The number of phenols is 1. The highest BCUT2D eigenvalue weighted by Crippen LogP contribution is 2.33. The maximum Gasteiger partial charge on any atom is 0.141 e. The van der Waals surface area contributed by atoms with Gasteiger partial charge in [0.05, 0.1) is 21.6 Å². The summed E-state index contributed by atoms with van der Waals surface area (Å²) in [7, 11) is 0. The Morgan fingerprint density at radius 2 is 2.18 bits per heavy atom. The number of hydrogen-bond acceptors (Lipinski definition) is 4. The van der Waals surface area contributed by atoms with Crippen LogP contribution >= 0.6 is 11.3 Å². The van der Waals surface area contributed by atoms with Crippen LogP contribution in [-0.4, -0.2) is 15.1 Å². The molecule has 4 nitrogen and oxygen atoms in total. The zero-order valence-corrected chi connectivity index (χ0v) is 10.0. The molecule has 17 heavy (non-hydrogen) atoms. The van der Waals surface area contributed by atoms with E-state index >= 15 is 0 Å². The standard InChI is InChI=1S/C12H11N3OS/c1-6-4-8(11(13)17-6)12-14-9-3-2-7(16)5-10(9)15-12/h2-5,16H,13H2,1H3,(H,14,15). The van der Waals surface area contributed by atoms with Crippen molar-refractivity contribution in [1.82, 2.24) is 9.97 Å². The van der Waals surface area contributed by atoms with E-state index in [-0.39, 0.29) is 5.75 Å². The summed E-state index contributed by atoms with van der Waals surface area (Å²) in [6.07, 6.45) is 0. The lowest BCUT2D eigenvalue weighted by Crippen LogP contribution is -1.84. The van der Waals surface area contributed by atoms with Gasteiger partial charge in [-0.1, -0.05) is 0 Å². The SMILES string of the molecule is Cc1cc(-c2nc3ccc(O)cc3[nH]2)c(N)s1. The third kappa shape index (κ3) is 1.64. The van der Waals surface area contributed by atoms with E-state index in [0.717, 1.165) is 32.3 Å². The van der Waals surface area contributed by atoms with Gasteiger partial charge in [-0.15, -0.1) is 11.3 Å². The Balaban J connectivity index is 2.21. The molecular weight excluding hydrogens is 234 g/mol. The molecule has 5 heteroatoms. The minimum absolute atomic E-state index is 0.224. The number of imidazole rings is 1. The predicted molar refractivity (Wildman–Crippen MR) is 70.2 cm³/mol. The van der Waals surface area contributed by atoms with E-state index in [1.165, 1.54) is 0 Å². The highest BCUT2D eigenvalue weighted by molar-refractivity contribution is 7.16. The van der Waals surface area contributed by atoms with E-state index in [0.29, 0.717) is 0 Å². The van der Waals surface area contributed by atoms with Crippen molar-refractivity contribution in [3.05, 3.63) is 29.1 Å². The van der Waals surface area contributed by atoms with Crippen molar-refractivity contribution in [3.8, 4) is 17.1 Å². The summed E-state index contributed by atoms with van der Waals surface area (Å²) in [5.41, 5.74) is 8.48. The molecule has 0 spiro atoms. The van der Waals surface area contributed by atoms with Crippen LogP contribution in [0.3, 0.4) is 0 Å². The Morgan fingerprint density at radius 3 is 2.88 bits per heavy atom. The average molecular weight is 245 g/mol. The maximum absolute atomic E-state index is 9.40. The highest BCUT2D eigenvalue weighted by atomic mass is 32.1. The van der Waals surface area contributed by atoms with E-state index in [2.05, 4.69) is 9.97 Å². The normalized spacial score (nSPS) is 11.1. The van der Waals surface area contributed by atoms with Crippen LogP contribution in [0.4, 0.5) is 5.00 Å². The highest BCUT2D eigenvalue weighted by Gasteiger charge is 2.11. The molecule has 0 fully saturated rings. The van der Waals surface area contributed by atoms with Crippen LogP contribution in [-0.2, 0) is 0 Å². The molecular formula is C12H11N3OS. The summed E-state index contributed by atoms with van der Waals surface area (Å²) in [6.45, 7) is 2.01. The number of hydrogen-bond donors (Lipinski definition) is 3. The Kier molecular flexibility index (Phi) is 2.09. The lowest BCUT2D eigenvalue weighted by Gasteiger charge is -1.92. The van der Waals surface area contributed by atoms with Crippen LogP contribution in [0, 0.1) is 6.92 Å². The molecule has 2 heterocycles. The van der Waals surface area contributed by atoms with Gasteiger partial charge in [0.15, 0.2) is 0 Å². The van der Waals surface area contributed by atoms with Crippen molar-refractivity contribution < 1.29 is 5.11 Å². The third-order valence-corrected chi connectivity index (χ3v) is 3.48. The number of phenolic OH excluding ortho intramolecular Hbond substituents is 1. The van der Waals surface area contributed by atoms with E-state index in [4.69, 9.17) is 5.73 Å². The van der Waals surface area contributed by atoms with Crippen molar-refractivity contribution in [1.29, 1.82) is 0 Å². The number of H-pyrrole nitrogens is 1. The molecule has 4 N–H and O–H groups in total. The predicted octanol–water partition coefficient (Wildman–Crippen LogP) is 2.89. The molecule has 3 aromatic rings. The number of rotatable bonds is 1. The summed E-state index contributed by atoms with van der Waals surface area (Å²) < 4.78 is 0. The summed E-state index contributed by atoms with van der Waals surface area (Å²) in [4.78, 5) is 8.77. The molecule has 2 aromatic heterocycles. The number of nitrogen functional groups attached to an aromatic ring is 1. The molecule has 1 aromatic carbocycles. The maximum atomic E-state index is 9.40. The molecule has 0 aliphatic carbocycles. The second-order valence-corrected chi connectivity index (χ2v) is 5.21. The van der Waals surface area contributed by atoms with Crippen LogP contribution in [0.1, 0.15) is 4.88 Å². The van der Waals surface area contributed by atoms with E-state index < -0.39 is 0 Å². The summed E-state index contributed by atoms with van der Waals surface area (Å²) >= 11 is 1.55. The fourth-order valence-electron chi connectivity index (χ4n) is 1.84. The van der Waals surface area contributed by atoms with Crippen LogP contribution in [0.15, 0.2) is 24.3 Å². The van der Waals surface area contributed by atoms with Gasteiger partial charge in [-0.05, 0) is 25.1 Å². The molecule has 3 rings (SSSR count). The largest absolute Gasteiger partial charge is 0.508 e. The van der Waals surface area contributed by atoms with Crippen molar-refractivity contribution >= 4 is 27.4 Å². The molecule has 0 aliphatic heterocycles. The van der Waals surface area contributed by atoms with Gasteiger partial charge in [0.2, 0.25) is 0 Å². The summed E-state index contributed by atoms with van der Waals surface area (Å²) in [6, 6.07) is 7.06. The minimum atomic E-state index is 0.224. The van der Waals surface area contributed by atoms with Crippen LogP contribution in [0.25, 0.3) is 22.4 Å². The number of benzene rings is 1. The first-order valence-electron chi connectivity index (χ1n) is 5.18. The van der Waals surface area contributed by atoms with Crippen LogP contribution in [0.2, 0.25) is 0 Å². The van der Waals surface area contributed by atoms with Gasteiger partial charge < -0.3 is 15.8 Å². The molecule has 0 aliphatic rings. The zero-order chi connectivity index (χ0) is 12.0. The quantitative estimate of drug-likeness (QED) is 0.617. The molecule has 0 amide bonds. The molecule has 0 bridgehead atoms. The van der Waals surface area contributed by atoms with E-state index in [1.807, 2.05) is 13.0 Å². The topological polar surface area (TPSA) is 74.9 Å². The lowest BCUT2D eigenvalue weighted by molar-refractivity contribution is 0.476. The molecule has 86 valence electrons. The summed E-state index contributed by atoms with van der Waals surface area (Å²) in [5, 5.41) is 10.2. The first-order chi connectivity index (χ1) is 8.13. The van der Waals surface area contributed by atoms with Gasteiger partial charge in [0.1, 0.15) is 11.6 Å². The monoisotopic (exact) mass is 245 g/mol. The van der Waals surface area contributed by atoms with E-state index in [1.54, 1.807) is 29.5 Å². The number of nitrogens with two attached hydrogens (primary N) is 1. The van der Waals surface area contributed by atoms with Gasteiger partial charge in [0, 0.05) is 10.9 Å². The minimum Gasteiger partial charge on any atom is -0.508 e. The first-order valence-corrected chi connectivity index (χ1v) is 6.00. The van der Waals surface area contributed by atoms with Gasteiger partial charge >= 0.3 is 0 Å². The molecule has 0 atom stereocenters. The van der Waals surface area contributed by atoms with Crippen LogP contribution in [0.5, 0.6) is 5.75 Å². The van der Waals surface area contributed by atoms with Crippen molar-refractivity contribution in [2.24, 2.45) is 0 Å². The lowest BCUT2D eigenvalue weighted by atomic mass is 10.3. The zero-order valence-electron chi connectivity index (χ0n) is 9.19. The molecule has 0 saturated carbocycles. The number of aromatic hydroxyl groups is 1. The van der Waals surface area contributed by atoms with Crippen molar-refractivity contribution in [2.75, 3.05) is 5.73 Å². The Morgan fingerprint density at radius 1 is 1.35 bits per heavy atom. The number of nitrogens with zero attached hydrogens (tertiary/aromatic N) is 1. The number of aromatic nitrogens is 2. The second kappa shape index (κ2) is 3.49. The fourth-order valence-corrected chi connectivity index (χ4v) is 2.63. The van der Waals surface area contributed by atoms with Crippen molar-refractivity contribution in [3.63, 3.8) is 0 Å².